The number of nitrogens with one attached hydrogen (secondary N) is 2. The Morgan fingerprint density at radius 3 is 2.63 bits per heavy atom. The molecule has 1 aliphatic rings. The van der Waals surface area contributed by atoms with E-state index in [0.29, 0.717) is 12.6 Å². The molecular formula is C13H25N3O3. The molecule has 3 N–H and O–H groups in total. The highest BCUT2D eigenvalue weighted by Crippen LogP contribution is 2.18. The third-order valence-electron chi connectivity index (χ3n) is 3.20. The Kier molecular flexibility index (Phi) is 7.25. The van der Waals surface area contributed by atoms with Crippen LogP contribution in [-0.2, 0) is 9.53 Å². The average Bonchev–Trinajstić information content (AvgIpc) is 2.41. The lowest BCUT2D eigenvalue weighted by Crippen LogP contribution is -2.45. The van der Waals surface area contributed by atoms with Crippen LogP contribution >= 0.6 is 0 Å². The summed E-state index contributed by atoms with van der Waals surface area (Å²) >= 11 is 0. The Bertz CT molecular complexity index is 300. The minimum absolute atomic E-state index is 0.156. The van der Waals surface area contributed by atoms with Crippen molar-refractivity contribution < 1.29 is 14.6 Å². The van der Waals surface area contributed by atoms with Gasteiger partial charge in [-0.3, -0.25) is 9.79 Å². The first kappa shape index (κ1) is 15.8. The molecule has 0 atom stereocenters. The number of aliphatic imine (C=N–C) groups is 1. The molecule has 0 aromatic rings. The number of aliphatic hydroxyl groups is 1. The summed E-state index contributed by atoms with van der Waals surface area (Å²) in [7, 11) is 1.38. The lowest BCUT2D eigenvalue weighted by atomic mass is 9.93. The highest BCUT2D eigenvalue weighted by molar-refractivity contribution is 5.80. The number of hydrogen-bond acceptors (Lipinski definition) is 4. The van der Waals surface area contributed by atoms with Gasteiger partial charge in [0.25, 0.3) is 0 Å². The van der Waals surface area contributed by atoms with Gasteiger partial charge in [0.05, 0.1) is 26.2 Å². The summed E-state index contributed by atoms with van der Waals surface area (Å²) in [4.78, 5) is 15.4. The van der Waals surface area contributed by atoms with Gasteiger partial charge in [-0.15, -0.1) is 0 Å². The van der Waals surface area contributed by atoms with Crippen LogP contribution in [0.25, 0.3) is 0 Å². The number of methoxy groups -OCH3 is 1. The van der Waals surface area contributed by atoms with E-state index in [1.165, 1.54) is 7.11 Å². The highest BCUT2D eigenvalue weighted by Gasteiger charge is 2.19. The maximum absolute atomic E-state index is 11.0. The largest absolute Gasteiger partial charge is 0.469 e. The quantitative estimate of drug-likeness (QED) is 0.383. The second-order valence-electron chi connectivity index (χ2n) is 4.74. The molecule has 0 spiro atoms. The van der Waals surface area contributed by atoms with Crippen molar-refractivity contribution in [3.8, 4) is 0 Å². The second kappa shape index (κ2) is 8.74. The highest BCUT2D eigenvalue weighted by atomic mass is 16.5. The Hall–Kier alpha value is -1.30. The number of hydrogen-bond donors (Lipinski definition) is 3. The summed E-state index contributed by atoms with van der Waals surface area (Å²) in [5, 5.41) is 16.0. The zero-order valence-corrected chi connectivity index (χ0v) is 11.8. The number of carbonyl (C=O) groups is 1. The van der Waals surface area contributed by atoms with Crippen molar-refractivity contribution in [2.75, 3.05) is 20.2 Å². The van der Waals surface area contributed by atoms with E-state index in [9.17, 15) is 9.90 Å². The fourth-order valence-electron chi connectivity index (χ4n) is 2.09. The van der Waals surface area contributed by atoms with E-state index in [2.05, 4.69) is 20.4 Å². The molecule has 0 saturated heterocycles. The van der Waals surface area contributed by atoms with E-state index in [1.54, 1.807) is 0 Å². The van der Waals surface area contributed by atoms with Crippen LogP contribution in [0, 0.1) is 0 Å². The smallest absolute Gasteiger partial charge is 0.307 e. The van der Waals surface area contributed by atoms with Gasteiger partial charge in [0.1, 0.15) is 0 Å². The number of ether oxygens (including phenoxy) is 1. The normalized spacial score (nSPS) is 23.8. The van der Waals surface area contributed by atoms with E-state index < -0.39 is 0 Å². The Morgan fingerprint density at radius 2 is 2.05 bits per heavy atom. The topological polar surface area (TPSA) is 83.0 Å². The first-order valence-electron chi connectivity index (χ1n) is 6.95. The molecule has 6 heteroatoms. The molecular weight excluding hydrogens is 246 g/mol. The van der Waals surface area contributed by atoms with Gasteiger partial charge in [-0.05, 0) is 32.6 Å². The number of esters is 1. The maximum atomic E-state index is 11.0. The molecule has 6 nitrogen and oxygen atoms in total. The van der Waals surface area contributed by atoms with Crippen molar-refractivity contribution in [2.45, 2.75) is 51.2 Å². The number of rotatable bonds is 5. The minimum Gasteiger partial charge on any atom is -0.469 e. The van der Waals surface area contributed by atoms with Gasteiger partial charge in [-0.25, -0.2) is 0 Å². The molecule has 1 fully saturated rings. The van der Waals surface area contributed by atoms with Gasteiger partial charge in [0.15, 0.2) is 5.96 Å². The van der Waals surface area contributed by atoms with Crippen LogP contribution in [0.4, 0.5) is 0 Å². The van der Waals surface area contributed by atoms with Gasteiger partial charge in [0.2, 0.25) is 0 Å². The third-order valence-corrected chi connectivity index (χ3v) is 3.20. The Morgan fingerprint density at radius 1 is 1.37 bits per heavy atom. The molecule has 19 heavy (non-hydrogen) atoms. The van der Waals surface area contributed by atoms with Gasteiger partial charge < -0.3 is 20.5 Å². The van der Waals surface area contributed by atoms with Crippen molar-refractivity contribution in [3.05, 3.63) is 0 Å². The standard InChI is InChI=1S/C13H25N3O3/c1-3-14-13(15-9-8-12(18)19-2)16-10-4-6-11(17)7-5-10/h10-11,17H,3-9H2,1-2H3,(H2,14,15,16). The molecule has 0 aliphatic heterocycles. The molecule has 1 rings (SSSR count). The first-order valence-corrected chi connectivity index (χ1v) is 6.95. The summed E-state index contributed by atoms with van der Waals surface area (Å²) < 4.78 is 4.58. The zero-order chi connectivity index (χ0) is 14.1. The molecule has 110 valence electrons. The van der Waals surface area contributed by atoms with E-state index in [0.717, 1.165) is 38.2 Å². The average molecular weight is 271 g/mol. The van der Waals surface area contributed by atoms with Gasteiger partial charge in [-0.2, -0.15) is 0 Å². The van der Waals surface area contributed by atoms with Crippen LogP contribution in [0.1, 0.15) is 39.0 Å². The number of guanidine groups is 1. The van der Waals surface area contributed by atoms with Crippen LogP contribution in [0.5, 0.6) is 0 Å². The molecule has 0 aromatic heterocycles. The number of carbonyl (C=O) groups excluding carboxylic acids is 1. The summed E-state index contributed by atoms with van der Waals surface area (Å²) in [5.41, 5.74) is 0. The Balaban J connectivity index is 2.38. The molecule has 0 heterocycles. The van der Waals surface area contributed by atoms with E-state index >= 15 is 0 Å². The molecule has 1 saturated carbocycles. The van der Waals surface area contributed by atoms with Crippen LogP contribution < -0.4 is 10.6 Å². The van der Waals surface area contributed by atoms with Crippen LogP contribution in [0.2, 0.25) is 0 Å². The fraction of sp³-hybridized carbons (Fsp3) is 0.846. The molecule has 0 unspecified atom stereocenters. The van der Waals surface area contributed by atoms with Gasteiger partial charge >= 0.3 is 5.97 Å². The Labute approximate surface area is 114 Å². The van der Waals surface area contributed by atoms with Gasteiger partial charge in [-0.1, -0.05) is 0 Å². The lowest BCUT2D eigenvalue weighted by molar-refractivity contribution is -0.140. The van der Waals surface area contributed by atoms with Crippen molar-refractivity contribution in [1.82, 2.24) is 10.6 Å². The molecule has 0 radical (unpaired) electrons. The molecule has 0 aromatic carbocycles. The SMILES string of the molecule is CCNC(=NCCC(=O)OC)NC1CCC(O)CC1. The van der Waals surface area contributed by atoms with Crippen LogP contribution in [0.3, 0.4) is 0 Å². The van der Waals surface area contributed by atoms with E-state index in [-0.39, 0.29) is 18.5 Å². The molecule has 0 amide bonds. The van der Waals surface area contributed by atoms with Crippen LogP contribution in [0.15, 0.2) is 4.99 Å². The van der Waals surface area contributed by atoms with E-state index in [4.69, 9.17) is 0 Å². The van der Waals surface area contributed by atoms with Crippen molar-refractivity contribution in [2.24, 2.45) is 4.99 Å². The first-order chi connectivity index (χ1) is 9.15. The number of aliphatic hydroxyl groups excluding tert-OH is 1. The predicted molar refractivity (Wildman–Crippen MR) is 74.0 cm³/mol. The van der Waals surface area contributed by atoms with Crippen molar-refractivity contribution in [1.29, 1.82) is 0 Å². The van der Waals surface area contributed by atoms with Crippen molar-refractivity contribution in [3.63, 3.8) is 0 Å². The summed E-state index contributed by atoms with van der Waals surface area (Å²) in [5.74, 6) is 0.480. The monoisotopic (exact) mass is 271 g/mol. The second-order valence-corrected chi connectivity index (χ2v) is 4.74. The van der Waals surface area contributed by atoms with Gasteiger partial charge in [0, 0.05) is 12.6 Å². The summed E-state index contributed by atoms with van der Waals surface area (Å²) in [6, 6.07) is 0.347. The van der Waals surface area contributed by atoms with Crippen LogP contribution in [-0.4, -0.2) is 49.4 Å². The third kappa shape index (κ3) is 6.42. The summed E-state index contributed by atoms with van der Waals surface area (Å²) in [6.07, 6.45) is 3.69. The minimum atomic E-state index is -0.250. The molecule has 0 bridgehead atoms. The zero-order valence-electron chi connectivity index (χ0n) is 11.8. The predicted octanol–water partition coefficient (Wildman–Crippen LogP) is 0.408. The lowest BCUT2D eigenvalue weighted by Gasteiger charge is -2.27. The fourth-order valence-corrected chi connectivity index (χ4v) is 2.09. The summed E-state index contributed by atoms with van der Waals surface area (Å²) in [6.45, 7) is 3.19. The molecule has 1 aliphatic carbocycles. The van der Waals surface area contributed by atoms with Crippen molar-refractivity contribution >= 4 is 11.9 Å². The van der Waals surface area contributed by atoms with E-state index in [1.807, 2.05) is 6.92 Å². The maximum Gasteiger partial charge on any atom is 0.307 e. The number of nitrogens with zero attached hydrogens (tertiary/aromatic N) is 1.